The summed E-state index contributed by atoms with van der Waals surface area (Å²) < 4.78 is 7.13. The van der Waals surface area contributed by atoms with Crippen molar-refractivity contribution in [2.45, 2.75) is 58.0 Å². The van der Waals surface area contributed by atoms with Gasteiger partial charge in [0.2, 0.25) is 5.91 Å². The molecule has 162 valence electrons. The number of hydrogen-bond acceptors (Lipinski definition) is 5. The molecular formula is C22H31N5O3. The Hall–Kier alpha value is -2.90. The molecule has 1 aliphatic carbocycles. The van der Waals surface area contributed by atoms with E-state index in [0.717, 1.165) is 37.0 Å². The Bertz CT molecular complexity index is 854. The van der Waals surface area contributed by atoms with E-state index in [1.165, 1.54) is 0 Å². The van der Waals surface area contributed by atoms with Crippen LogP contribution in [0.1, 0.15) is 61.6 Å². The standard InChI is InChI=1S/C22H31N5O3/c1-4-26(5-2)22(29)19-15-27(25-24-19)18-12-10-17(11-13-18)23-21(28)14-16-8-6-7-9-20(16)30-3/h6-9,15,17-18H,4-5,10-14H2,1-3H3,(H,23,28). The molecule has 0 atom stereocenters. The Labute approximate surface area is 177 Å². The first-order chi connectivity index (χ1) is 14.5. The lowest BCUT2D eigenvalue weighted by Gasteiger charge is -2.29. The van der Waals surface area contributed by atoms with Crippen LogP contribution in [0.15, 0.2) is 30.5 Å². The van der Waals surface area contributed by atoms with Crippen LogP contribution in [0.25, 0.3) is 0 Å². The second kappa shape index (κ2) is 10.2. The summed E-state index contributed by atoms with van der Waals surface area (Å²) in [4.78, 5) is 26.6. The van der Waals surface area contributed by atoms with E-state index in [4.69, 9.17) is 4.74 Å². The third-order valence-corrected chi connectivity index (χ3v) is 5.76. The number of amides is 2. The highest BCUT2D eigenvalue weighted by Gasteiger charge is 2.26. The van der Waals surface area contributed by atoms with E-state index < -0.39 is 0 Å². The van der Waals surface area contributed by atoms with Crippen molar-refractivity contribution in [3.8, 4) is 5.75 Å². The van der Waals surface area contributed by atoms with Crippen LogP contribution >= 0.6 is 0 Å². The molecule has 0 saturated heterocycles. The number of ether oxygens (including phenoxy) is 1. The predicted molar refractivity (Wildman–Crippen MR) is 113 cm³/mol. The van der Waals surface area contributed by atoms with Gasteiger partial charge in [-0.15, -0.1) is 5.10 Å². The number of carbonyl (C=O) groups excluding carboxylic acids is 2. The number of methoxy groups -OCH3 is 1. The van der Waals surface area contributed by atoms with Crippen molar-refractivity contribution >= 4 is 11.8 Å². The van der Waals surface area contributed by atoms with Crippen LogP contribution < -0.4 is 10.1 Å². The minimum Gasteiger partial charge on any atom is -0.496 e. The first kappa shape index (κ1) is 21.8. The zero-order valence-electron chi connectivity index (χ0n) is 18.0. The van der Waals surface area contributed by atoms with E-state index in [2.05, 4.69) is 15.6 Å². The molecule has 1 fully saturated rings. The molecule has 8 nitrogen and oxygen atoms in total. The topological polar surface area (TPSA) is 89.4 Å². The summed E-state index contributed by atoms with van der Waals surface area (Å²) in [6, 6.07) is 7.95. The van der Waals surface area contributed by atoms with Crippen molar-refractivity contribution < 1.29 is 14.3 Å². The van der Waals surface area contributed by atoms with Crippen LogP contribution in [-0.4, -0.2) is 57.9 Å². The fourth-order valence-corrected chi connectivity index (χ4v) is 4.01. The maximum atomic E-state index is 12.5. The van der Waals surface area contributed by atoms with E-state index in [1.807, 2.05) is 42.8 Å². The molecule has 1 aliphatic rings. The molecule has 1 aromatic carbocycles. The summed E-state index contributed by atoms with van der Waals surface area (Å²) in [5.74, 6) is 0.664. The Kier molecular flexibility index (Phi) is 7.43. The Balaban J connectivity index is 1.50. The summed E-state index contributed by atoms with van der Waals surface area (Å²) in [5.41, 5.74) is 1.28. The van der Waals surface area contributed by atoms with Crippen LogP contribution in [0.4, 0.5) is 0 Å². The molecule has 0 radical (unpaired) electrons. The highest BCUT2D eigenvalue weighted by molar-refractivity contribution is 5.91. The van der Waals surface area contributed by atoms with Gasteiger partial charge in [0.15, 0.2) is 5.69 Å². The molecule has 8 heteroatoms. The maximum Gasteiger partial charge on any atom is 0.276 e. The molecule has 2 aromatic rings. The van der Waals surface area contributed by atoms with Gasteiger partial charge in [0.25, 0.3) is 5.91 Å². The zero-order valence-corrected chi connectivity index (χ0v) is 18.0. The third kappa shape index (κ3) is 5.17. The first-order valence-corrected chi connectivity index (χ1v) is 10.7. The summed E-state index contributed by atoms with van der Waals surface area (Å²) >= 11 is 0. The summed E-state index contributed by atoms with van der Waals surface area (Å²) in [7, 11) is 1.61. The number of nitrogens with one attached hydrogen (secondary N) is 1. The fraction of sp³-hybridized carbons (Fsp3) is 0.545. The molecule has 1 aromatic heterocycles. The minimum absolute atomic E-state index is 0.0100. The number of para-hydroxylation sites is 1. The molecule has 1 N–H and O–H groups in total. The molecule has 0 aliphatic heterocycles. The zero-order chi connectivity index (χ0) is 21.5. The SMILES string of the molecule is CCN(CC)C(=O)c1cn(C2CCC(NC(=O)Cc3ccccc3OC)CC2)nn1. The van der Waals surface area contributed by atoms with Crippen LogP contribution in [0, 0.1) is 0 Å². The van der Waals surface area contributed by atoms with Crippen molar-refractivity contribution in [2.75, 3.05) is 20.2 Å². The molecule has 30 heavy (non-hydrogen) atoms. The fourth-order valence-electron chi connectivity index (χ4n) is 4.01. The summed E-state index contributed by atoms with van der Waals surface area (Å²) in [5, 5.41) is 11.4. The van der Waals surface area contributed by atoms with Gasteiger partial charge in [-0.05, 0) is 45.6 Å². The van der Waals surface area contributed by atoms with Gasteiger partial charge in [-0.1, -0.05) is 23.4 Å². The van der Waals surface area contributed by atoms with Gasteiger partial charge in [-0.3, -0.25) is 9.59 Å². The second-order valence-electron chi connectivity index (χ2n) is 7.62. The molecule has 0 bridgehead atoms. The van der Waals surface area contributed by atoms with E-state index in [0.29, 0.717) is 25.2 Å². The lowest BCUT2D eigenvalue weighted by Crippen LogP contribution is -2.38. The van der Waals surface area contributed by atoms with Crippen molar-refractivity contribution in [2.24, 2.45) is 0 Å². The third-order valence-electron chi connectivity index (χ3n) is 5.76. The quantitative estimate of drug-likeness (QED) is 0.719. The van der Waals surface area contributed by atoms with Crippen molar-refractivity contribution in [1.82, 2.24) is 25.2 Å². The maximum absolute atomic E-state index is 12.5. The number of hydrogen-bond donors (Lipinski definition) is 1. The highest BCUT2D eigenvalue weighted by atomic mass is 16.5. The summed E-state index contributed by atoms with van der Waals surface area (Å²) in [6.07, 6.45) is 5.60. The largest absolute Gasteiger partial charge is 0.496 e. The Morgan fingerprint density at radius 2 is 1.87 bits per heavy atom. The Morgan fingerprint density at radius 1 is 1.17 bits per heavy atom. The number of benzene rings is 1. The number of nitrogens with zero attached hydrogens (tertiary/aromatic N) is 4. The smallest absolute Gasteiger partial charge is 0.276 e. The van der Waals surface area contributed by atoms with Crippen LogP contribution in [0.5, 0.6) is 5.75 Å². The molecule has 2 amide bonds. The number of carbonyl (C=O) groups is 2. The van der Waals surface area contributed by atoms with Crippen LogP contribution in [0.3, 0.4) is 0 Å². The minimum atomic E-state index is -0.0801. The average molecular weight is 414 g/mol. The number of aromatic nitrogens is 3. The molecule has 0 unspecified atom stereocenters. The molecule has 1 saturated carbocycles. The lowest BCUT2D eigenvalue weighted by atomic mass is 9.91. The molecular weight excluding hydrogens is 382 g/mol. The molecule has 1 heterocycles. The first-order valence-electron chi connectivity index (χ1n) is 10.7. The number of rotatable bonds is 8. The average Bonchev–Trinajstić information content (AvgIpc) is 3.25. The van der Waals surface area contributed by atoms with Crippen LogP contribution in [-0.2, 0) is 11.2 Å². The van der Waals surface area contributed by atoms with Crippen molar-refractivity contribution in [3.63, 3.8) is 0 Å². The second-order valence-corrected chi connectivity index (χ2v) is 7.62. The Morgan fingerprint density at radius 3 is 2.53 bits per heavy atom. The van der Waals surface area contributed by atoms with Crippen molar-refractivity contribution in [3.05, 3.63) is 41.7 Å². The monoisotopic (exact) mass is 413 g/mol. The van der Waals surface area contributed by atoms with Gasteiger partial charge in [-0.2, -0.15) is 0 Å². The van der Waals surface area contributed by atoms with E-state index in [-0.39, 0.29) is 23.9 Å². The summed E-state index contributed by atoms with van der Waals surface area (Å²) in [6.45, 7) is 5.22. The molecule has 0 spiro atoms. The van der Waals surface area contributed by atoms with Gasteiger partial charge in [0.05, 0.1) is 25.8 Å². The molecule has 3 rings (SSSR count). The predicted octanol–water partition coefficient (Wildman–Crippen LogP) is 2.61. The lowest BCUT2D eigenvalue weighted by molar-refractivity contribution is -0.121. The van der Waals surface area contributed by atoms with Crippen LogP contribution in [0.2, 0.25) is 0 Å². The van der Waals surface area contributed by atoms with Gasteiger partial charge >= 0.3 is 0 Å². The van der Waals surface area contributed by atoms with Crippen molar-refractivity contribution in [1.29, 1.82) is 0 Å². The van der Waals surface area contributed by atoms with E-state index >= 15 is 0 Å². The van der Waals surface area contributed by atoms with Gasteiger partial charge < -0.3 is 15.0 Å². The van der Waals surface area contributed by atoms with E-state index in [9.17, 15) is 9.59 Å². The normalized spacial score (nSPS) is 18.6. The van der Waals surface area contributed by atoms with Gasteiger partial charge in [-0.25, -0.2) is 4.68 Å². The van der Waals surface area contributed by atoms with Gasteiger partial charge in [0, 0.05) is 24.7 Å². The van der Waals surface area contributed by atoms with E-state index in [1.54, 1.807) is 18.2 Å². The van der Waals surface area contributed by atoms with Gasteiger partial charge in [0.1, 0.15) is 5.75 Å². The highest BCUT2D eigenvalue weighted by Crippen LogP contribution is 2.28.